The number of nitrogens with zero attached hydrogens (tertiary/aromatic N) is 4. The van der Waals surface area contributed by atoms with E-state index in [2.05, 4.69) is 10.1 Å². The van der Waals surface area contributed by atoms with Crippen LogP contribution in [0, 0.1) is 13.8 Å². The second-order valence-electron chi connectivity index (χ2n) is 5.96. The van der Waals surface area contributed by atoms with Gasteiger partial charge in [0, 0.05) is 36.1 Å². The van der Waals surface area contributed by atoms with Crippen LogP contribution in [-0.2, 0) is 11.3 Å². The van der Waals surface area contributed by atoms with Gasteiger partial charge in [0.05, 0.1) is 10.7 Å². The van der Waals surface area contributed by atoms with Crippen LogP contribution in [0.15, 0.2) is 23.1 Å². The van der Waals surface area contributed by atoms with Crippen LogP contribution >= 0.6 is 11.3 Å². The highest BCUT2D eigenvalue weighted by Crippen LogP contribution is 2.29. The third kappa shape index (κ3) is 3.67. The summed E-state index contributed by atoms with van der Waals surface area (Å²) >= 11 is 1.70. The number of aromatic nitrogens is 3. The zero-order valence-electron chi connectivity index (χ0n) is 13.4. The van der Waals surface area contributed by atoms with Gasteiger partial charge in [0.1, 0.15) is 6.54 Å². The first-order valence-corrected chi connectivity index (χ1v) is 8.59. The summed E-state index contributed by atoms with van der Waals surface area (Å²) < 4.78 is 1.24. The highest BCUT2D eigenvalue weighted by molar-refractivity contribution is 7.11. The molecule has 6 nitrogen and oxygen atoms in total. The summed E-state index contributed by atoms with van der Waals surface area (Å²) in [5, 5.41) is 5.24. The van der Waals surface area contributed by atoms with Crippen LogP contribution in [-0.4, -0.2) is 38.7 Å². The maximum Gasteiger partial charge on any atom is 0.267 e. The zero-order valence-corrected chi connectivity index (χ0v) is 14.2. The van der Waals surface area contributed by atoms with Gasteiger partial charge in [0.25, 0.3) is 5.56 Å². The van der Waals surface area contributed by atoms with Crippen LogP contribution in [0.4, 0.5) is 0 Å². The van der Waals surface area contributed by atoms with Gasteiger partial charge in [-0.2, -0.15) is 5.10 Å². The Labute approximate surface area is 138 Å². The van der Waals surface area contributed by atoms with Crippen LogP contribution in [0.3, 0.4) is 0 Å². The first-order valence-electron chi connectivity index (χ1n) is 7.78. The second kappa shape index (κ2) is 6.62. The molecular weight excluding hydrogens is 312 g/mol. The average molecular weight is 332 g/mol. The standard InChI is InChI=1S/C16H20N4O2S/c1-11-5-6-14(21)20(18-11)10-15(22)19-7-3-4-13(9-19)16-17-8-12(2)23-16/h5-6,8,13H,3-4,7,9-10H2,1-2H3/t13-/m1/s1. The molecule has 1 saturated heterocycles. The van der Waals surface area contributed by atoms with E-state index in [9.17, 15) is 9.59 Å². The van der Waals surface area contributed by atoms with Crippen LogP contribution < -0.4 is 5.56 Å². The summed E-state index contributed by atoms with van der Waals surface area (Å²) in [5.41, 5.74) is 0.486. The maximum absolute atomic E-state index is 12.5. The summed E-state index contributed by atoms with van der Waals surface area (Å²) in [6.45, 7) is 5.27. The molecule has 0 spiro atoms. The zero-order chi connectivity index (χ0) is 16.4. The Morgan fingerprint density at radius 1 is 1.39 bits per heavy atom. The summed E-state index contributed by atoms with van der Waals surface area (Å²) in [7, 11) is 0. The molecule has 1 aliphatic rings. The van der Waals surface area contributed by atoms with Crippen molar-refractivity contribution in [3.63, 3.8) is 0 Å². The molecule has 1 fully saturated rings. The molecular formula is C16H20N4O2S. The monoisotopic (exact) mass is 332 g/mol. The van der Waals surface area contributed by atoms with Crippen molar-refractivity contribution in [3.8, 4) is 0 Å². The van der Waals surface area contributed by atoms with Crippen LogP contribution in [0.2, 0.25) is 0 Å². The number of hydrogen-bond donors (Lipinski definition) is 0. The number of aryl methyl sites for hydroxylation is 2. The molecule has 0 bridgehead atoms. The highest BCUT2D eigenvalue weighted by Gasteiger charge is 2.26. The molecule has 1 atom stereocenters. The van der Waals surface area contributed by atoms with Gasteiger partial charge in [-0.3, -0.25) is 9.59 Å². The molecule has 2 aromatic rings. The number of carbonyl (C=O) groups is 1. The van der Waals surface area contributed by atoms with E-state index >= 15 is 0 Å². The molecule has 0 aromatic carbocycles. The second-order valence-corrected chi connectivity index (χ2v) is 7.23. The molecule has 3 rings (SSSR count). The van der Waals surface area contributed by atoms with E-state index in [-0.39, 0.29) is 18.0 Å². The molecule has 0 radical (unpaired) electrons. The molecule has 0 aliphatic carbocycles. The Kier molecular flexibility index (Phi) is 4.56. The predicted molar refractivity (Wildman–Crippen MR) is 88.6 cm³/mol. The van der Waals surface area contributed by atoms with Gasteiger partial charge in [0.15, 0.2) is 0 Å². The fourth-order valence-corrected chi connectivity index (χ4v) is 3.76. The molecule has 3 heterocycles. The van der Waals surface area contributed by atoms with Crippen molar-refractivity contribution in [1.82, 2.24) is 19.7 Å². The fourth-order valence-electron chi connectivity index (χ4n) is 2.86. The topological polar surface area (TPSA) is 68.1 Å². The van der Waals surface area contributed by atoms with Gasteiger partial charge in [-0.25, -0.2) is 9.67 Å². The fraction of sp³-hybridized carbons (Fsp3) is 0.500. The lowest BCUT2D eigenvalue weighted by Crippen LogP contribution is -2.42. The lowest BCUT2D eigenvalue weighted by molar-refractivity contribution is -0.133. The molecule has 0 saturated carbocycles. The lowest BCUT2D eigenvalue weighted by atomic mass is 9.99. The predicted octanol–water partition coefficient (Wildman–Crippen LogP) is 1.72. The molecule has 1 aliphatic heterocycles. The Hall–Kier alpha value is -2.02. The van der Waals surface area contributed by atoms with E-state index in [1.165, 1.54) is 15.6 Å². The van der Waals surface area contributed by atoms with Gasteiger partial charge in [-0.15, -0.1) is 11.3 Å². The van der Waals surface area contributed by atoms with E-state index in [0.29, 0.717) is 12.5 Å². The van der Waals surface area contributed by atoms with Crippen molar-refractivity contribution in [1.29, 1.82) is 0 Å². The Balaban J connectivity index is 1.69. The van der Waals surface area contributed by atoms with E-state index < -0.39 is 0 Å². The Morgan fingerprint density at radius 2 is 2.22 bits per heavy atom. The minimum Gasteiger partial charge on any atom is -0.340 e. The maximum atomic E-state index is 12.5. The van der Waals surface area contributed by atoms with Crippen LogP contribution in [0.5, 0.6) is 0 Å². The average Bonchev–Trinajstić information content (AvgIpc) is 2.97. The number of hydrogen-bond acceptors (Lipinski definition) is 5. The normalized spacial score (nSPS) is 18.2. The summed E-state index contributed by atoms with van der Waals surface area (Å²) in [6, 6.07) is 3.11. The van der Waals surface area contributed by atoms with Crippen LogP contribution in [0.1, 0.15) is 34.3 Å². The van der Waals surface area contributed by atoms with Crippen molar-refractivity contribution in [2.75, 3.05) is 13.1 Å². The molecule has 0 unspecified atom stereocenters. The van der Waals surface area contributed by atoms with Crippen molar-refractivity contribution in [3.05, 3.63) is 44.3 Å². The van der Waals surface area contributed by atoms with Gasteiger partial charge < -0.3 is 4.90 Å². The van der Waals surface area contributed by atoms with Gasteiger partial charge in [-0.05, 0) is 32.8 Å². The minimum atomic E-state index is -0.243. The number of carbonyl (C=O) groups excluding carboxylic acids is 1. The number of amides is 1. The minimum absolute atomic E-state index is 0.00410. The smallest absolute Gasteiger partial charge is 0.267 e. The molecule has 23 heavy (non-hydrogen) atoms. The van der Waals surface area contributed by atoms with Crippen molar-refractivity contribution >= 4 is 17.2 Å². The van der Waals surface area contributed by atoms with E-state index in [0.717, 1.165) is 30.1 Å². The molecule has 7 heteroatoms. The first-order chi connectivity index (χ1) is 11.0. The molecule has 0 N–H and O–H groups in total. The van der Waals surface area contributed by atoms with Crippen molar-refractivity contribution in [2.24, 2.45) is 0 Å². The summed E-state index contributed by atoms with van der Waals surface area (Å²) in [5.74, 6) is 0.247. The highest BCUT2D eigenvalue weighted by atomic mass is 32.1. The molecule has 1 amide bonds. The Morgan fingerprint density at radius 3 is 2.96 bits per heavy atom. The lowest BCUT2D eigenvalue weighted by Gasteiger charge is -2.31. The molecule has 122 valence electrons. The number of rotatable bonds is 3. The molecule has 2 aromatic heterocycles. The van der Waals surface area contributed by atoms with Gasteiger partial charge >= 0.3 is 0 Å². The number of piperidine rings is 1. The van der Waals surface area contributed by atoms with Crippen molar-refractivity contribution < 1.29 is 4.79 Å². The summed E-state index contributed by atoms with van der Waals surface area (Å²) in [6.07, 6.45) is 3.90. The Bertz CT molecular complexity index is 767. The van der Waals surface area contributed by atoms with Gasteiger partial charge in [0.2, 0.25) is 5.91 Å². The van der Waals surface area contributed by atoms with E-state index in [1.54, 1.807) is 17.4 Å². The first kappa shape index (κ1) is 15.9. The van der Waals surface area contributed by atoms with Crippen LogP contribution in [0.25, 0.3) is 0 Å². The SMILES string of the molecule is Cc1ccc(=O)n(CC(=O)N2CCC[C@@H](c3ncc(C)s3)C2)n1. The number of likely N-dealkylation sites (tertiary alicyclic amines) is 1. The third-order valence-electron chi connectivity index (χ3n) is 4.05. The third-order valence-corrected chi connectivity index (χ3v) is 5.12. The number of thiazole rings is 1. The largest absolute Gasteiger partial charge is 0.340 e. The quantitative estimate of drug-likeness (QED) is 0.858. The van der Waals surface area contributed by atoms with E-state index in [1.807, 2.05) is 24.9 Å². The van der Waals surface area contributed by atoms with E-state index in [4.69, 9.17) is 0 Å². The van der Waals surface area contributed by atoms with Gasteiger partial charge in [-0.1, -0.05) is 0 Å². The van der Waals surface area contributed by atoms with Crippen molar-refractivity contribution in [2.45, 2.75) is 39.2 Å². The summed E-state index contributed by atoms with van der Waals surface area (Å²) in [4.78, 5) is 31.8.